The Bertz CT molecular complexity index is 570. The third-order valence-corrected chi connectivity index (χ3v) is 4.79. The number of β-amino-alcohol motifs (C(OH)–C–C–N with tert-alkyl or cyclic N) is 1. The second kappa shape index (κ2) is 6.67. The smallest absolute Gasteiger partial charge is 0.309 e. The molecule has 22 heavy (non-hydrogen) atoms. The molecule has 0 aliphatic carbocycles. The Labute approximate surface area is 131 Å². The Kier molecular flexibility index (Phi) is 5.08. The number of carboxylic acids is 1. The maximum atomic E-state index is 11.1. The number of hydrogen-bond donors (Lipinski definition) is 2. The van der Waals surface area contributed by atoms with Gasteiger partial charge in [-0.15, -0.1) is 0 Å². The van der Waals surface area contributed by atoms with E-state index >= 15 is 0 Å². The van der Waals surface area contributed by atoms with E-state index in [0.717, 1.165) is 23.4 Å². The monoisotopic (exact) mass is 307 g/mol. The van der Waals surface area contributed by atoms with Gasteiger partial charge in [-0.25, -0.2) is 0 Å². The number of hydrogen-bond acceptors (Lipinski definition) is 4. The molecule has 0 aromatic heterocycles. The fourth-order valence-corrected chi connectivity index (χ4v) is 3.21. The van der Waals surface area contributed by atoms with Gasteiger partial charge >= 0.3 is 5.97 Å². The van der Waals surface area contributed by atoms with Crippen molar-refractivity contribution in [1.82, 2.24) is 4.90 Å². The molecule has 2 atom stereocenters. The van der Waals surface area contributed by atoms with Gasteiger partial charge in [-0.05, 0) is 62.1 Å². The molecule has 1 fully saturated rings. The summed E-state index contributed by atoms with van der Waals surface area (Å²) in [7, 11) is 1.67. The van der Waals surface area contributed by atoms with E-state index in [-0.39, 0.29) is 0 Å². The molecule has 1 saturated heterocycles. The average molecular weight is 307 g/mol. The topological polar surface area (TPSA) is 70.0 Å². The van der Waals surface area contributed by atoms with Crippen LogP contribution in [0.5, 0.6) is 5.75 Å². The summed E-state index contributed by atoms with van der Waals surface area (Å²) in [6.07, 6.45) is -0.310. The first-order valence-electron chi connectivity index (χ1n) is 7.62. The minimum absolute atomic E-state index is 0.404. The minimum Gasteiger partial charge on any atom is -0.496 e. The van der Waals surface area contributed by atoms with Gasteiger partial charge in [-0.1, -0.05) is 0 Å². The van der Waals surface area contributed by atoms with Crippen molar-refractivity contribution in [1.29, 1.82) is 0 Å². The molecule has 0 amide bonds. The average Bonchev–Trinajstić information content (AvgIpc) is 2.47. The van der Waals surface area contributed by atoms with Crippen LogP contribution in [0.3, 0.4) is 0 Å². The summed E-state index contributed by atoms with van der Waals surface area (Å²) in [6, 6.07) is 2.04. The molecule has 2 rings (SSSR count). The minimum atomic E-state index is -0.903. The number of benzene rings is 1. The molecule has 1 aromatic rings. The highest BCUT2D eigenvalue weighted by molar-refractivity contribution is 5.70. The number of likely N-dealkylation sites (tertiary alicyclic amines) is 1. The van der Waals surface area contributed by atoms with Crippen molar-refractivity contribution in [3.8, 4) is 5.75 Å². The number of aryl methyl sites for hydroxylation is 1. The summed E-state index contributed by atoms with van der Waals surface area (Å²) < 4.78 is 5.39. The van der Waals surface area contributed by atoms with Crippen LogP contribution in [0.1, 0.15) is 28.7 Å². The van der Waals surface area contributed by atoms with Crippen LogP contribution in [0.25, 0.3) is 0 Å². The molecule has 0 saturated carbocycles. The summed E-state index contributed by atoms with van der Waals surface area (Å²) >= 11 is 0. The Morgan fingerprint density at radius 1 is 1.36 bits per heavy atom. The molecular formula is C17H25NO4. The molecule has 5 heteroatoms. The van der Waals surface area contributed by atoms with Crippen LogP contribution in [0.2, 0.25) is 0 Å². The number of methoxy groups -OCH3 is 1. The van der Waals surface area contributed by atoms with Crippen molar-refractivity contribution in [2.24, 2.45) is 5.92 Å². The summed E-state index contributed by atoms with van der Waals surface area (Å²) in [6.45, 7) is 8.01. The van der Waals surface area contributed by atoms with Gasteiger partial charge in [-0.2, -0.15) is 0 Å². The van der Waals surface area contributed by atoms with Crippen LogP contribution in [-0.4, -0.2) is 47.4 Å². The van der Waals surface area contributed by atoms with E-state index in [2.05, 4.69) is 18.7 Å². The van der Waals surface area contributed by atoms with Gasteiger partial charge in [0.1, 0.15) is 5.75 Å². The van der Waals surface area contributed by atoms with E-state index in [0.29, 0.717) is 19.5 Å². The zero-order valence-corrected chi connectivity index (χ0v) is 13.7. The lowest BCUT2D eigenvalue weighted by Gasteiger charge is -2.34. The molecule has 122 valence electrons. The molecule has 2 N–H and O–H groups in total. The molecule has 1 aromatic carbocycles. The number of carboxylic acid groups (broad SMARTS) is 1. The second-order valence-electron chi connectivity index (χ2n) is 6.16. The first-order valence-corrected chi connectivity index (χ1v) is 7.62. The molecule has 0 bridgehead atoms. The highest BCUT2D eigenvalue weighted by Crippen LogP contribution is 2.29. The Hall–Kier alpha value is -1.59. The van der Waals surface area contributed by atoms with Crippen molar-refractivity contribution >= 4 is 5.97 Å². The van der Waals surface area contributed by atoms with Crippen LogP contribution < -0.4 is 4.74 Å². The number of ether oxygens (including phenoxy) is 1. The molecular weight excluding hydrogens is 282 g/mol. The first-order chi connectivity index (χ1) is 10.3. The summed E-state index contributed by atoms with van der Waals surface area (Å²) in [5.74, 6) is -0.653. The molecule has 1 aliphatic rings. The maximum absolute atomic E-state index is 11.1. The molecule has 1 heterocycles. The summed E-state index contributed by atoms with van der Waals surface area (Å²) in [4.78, 5) is 13.2. The van der Waals surface area contributed by atoms with Gasteiger partial charge in [0, 0.05) is 13.1 Å². The third-order valence-electron chi connectivity index (χ3n) is 4.79. The predicted molar refractivity (Wildman–Crippen MR) is 84.2 cm³/mol. The van der Waals surface area contributed by atoms with Gasteiger partial charge in [-0.3, -0.25) is 9.69 Å². The van der Waals surface area contributed by atoms with Crippen molar-refractivity contribution in [2.45, 2.75) is 39.8 Å². The van der Waals surface area contributed by atoms with Crippen LogP contribution in [0, 0.1) is 26.7 Å². The molecule has 0 spiro atoms. The van der Waals surface area contributed by atoms with Gasteiger partial charge in [0.05, 0.1) is 19.1 Å². The Balaban J connectivity index is 2.15. The van der Waals surface area contributed by atoms with Gasteiger partial charge in [0.25, 0.3) is 0 Å². The number of carbonyl (C=O) groups is 1. The van der Waals surface area contributed by atoms with E-state index in [1.165, 1.54) is 11.1 Å². The van der Waals surface area contributed by atoms with Gasteiger partial charge < -0.3 is 14.9 Å². The number of piperidine rings is 1. The standard InChI is InChI=1S/C17H25NO4/c1-10-7-16(22-4)12(3)11(2)14(10)8-18-6-5-13(17(20)21)15(19)9-18/h7,13,15,19H,5-6,8-9H2,1-4H3,(H,20,21)/t13-,15+/m0/s1. The Morgan fingerprint density at radius 2 is 2.05 bits per heavy atom. The normalized spacial score (nSPS) is 22.6. The number of aliphatic hydroxyl groups is 1. The quantitative estimate of drug-likeness (QED) is 0.889. The van der Waals surface area contributed by atoms with Gasteiger partial charge in [0.15, 0.2) is 0 Å². The largest absolute Gasteiger partial charge is 0.496 e. The SMILES string of the molecule is COc1cc(C)c(CN2CC[C@H](C(=O)O)[C@H](O)C2)c(C)c1C. The first kappa shape index (κ1) is 16.8. The lowest BCUT2D eigenvalue weighted by Crippen LogP contribution is -2.46. The fourth-order valence-electron chi connectivity index (χ4n) is 3.21. The van der Waals surface area contributed by atoms with Crippen molar-refractivity contribution in [3.05, 3.63) is 28.3 Å². The zero-order chi connectivity index (χ0) is 16.4. The summed E-state index contributed by atoms with van der Waals surface area (Å²) in [5, 5.41) is 19.1. The highest BCUT2D eigenvalue weighted by atomic mass is 16.5. The lowest BCUT2D eigenvalue weighted by molar-refractivity contribution is -0.148. The van der Waals surface area contributed by atoms with E-state index in [1.54, 1.807) is 7.11 Å². The van der Waals surface area contributed by atoms with Crippen LogP contribution in [-0.2, 0) is 11.3 Å². The second-order valence-corrected chi connectivity index (χ2v) is 6.16. The van der Waals surface area contributed by atoms with Crippen molar-refractivity contribution < 1.29 is 19.7 Å². The van der Waals surface area contributed by atoms with Crippen LogP contribution in [0.15, 0.2) is 6.07 Å². The predicted octanol–water partition coefficient (Wildman–Crippen LogP) is 1.89. The van der Waals surface area contributed by atoms with E-state index in [4.69, 9.17) is 9.84 Å². The molecule has 0 radical (unpaired) electrons. The number of rotatable bonds is 4. The van der Waals surface area contributed by atoms with Crippen LogP contribution in [0.4, 0.5) is 0 Å². The molecule has 5 nitrogen and oxygen atoms in total. The number of aliphatic hydroxyl groups excluding tert-OH is 1. The van der Waals surface area contributed by atoms with E-state index < -0.39 is 18.0 Å². The van der Waals surface area contributed by atoms with Crippen molar-refractivity contribution in [3.63, 3.8) is 0 Å². The molecule has 1 aliphatic heterocycles. The summed E-state index contributed by atoms with van der Waals surface area (Å²) in [5.41, 5.74) is 4.73. The van der Waals surface area contributed by atoms with Gasteiger partial charge in [0.2, 0.25) is 0 Å². The lowest BCUT2D eigenvalue weighted by atomic mass is 9.92. The number of nitrogens with zero attached hydrogens (tertiary/aromatic N) is 1. The van der Waals surface area contributed by atoms with Crippen molar-refractivity contribution in [2.75, 3.05) is 20.2 Å². The van der Waals surface area contributed by atoms with E-state index in [1.807, 2.05) is 13.0 Å². The van der Waals surface area contributed by atoms with Crippen LogP contribution >= 0.6 is 0 Å². The number of aliphatic carboxylic acids is 1. The molecule has 0 unspecified atom stereocenters. The highest BCUT2D eigenvalue weighted by Gasteiger charge is 2.33. The maximum Gasteiger partial charge on any atom is 0.309 e. The Morgan fingerprint density at radius 3 is 2.59 bits per heavy atom. The zero-order valence-electron chi connectivity index (χ0n) is 13.7. The van der Waals surface area contributed by atoms with E-state index in [9.17, 15) is 9.90 Å². The fraction of sp³-hybridized carbons (Fsp3) is 0.588. The third kappa shape index (κ3) is 3.25.